The van der Waals surface area contributed by atoms with Crippen LogP contribution >= 0.6 is 11.8 Å². The fourth-order valence-corrected chi connectivity index (χ4v) is 2.81. The van der Waals surface area contributed by atoms with Crippen LogP contribution in [-0.2, 0) is 0 Å². The molecule has 3 heteroatoms. The summed E-state index contributed by atoms with van der Waals surface area (Å²) in [5, 5.41) is 3.13. The maximum atomic E-state index is 12.3. The van der Waals surface area contributed by atoms with E-state index in [2.05, 4.69) is 24.4 Å². The van der Waals surface area contributed by atoms with Crippen LogP contribution in [0, 0.1) is 5.41 Å². The highest BCUT2D eigenvalue weighted by Gasteiger charge is 2.48. The molecule has 1 saturated carbocycles. The van der Waals surface area contributed by atoms with E-state index in [0.717, 1.165) is 30.7 Å². The smallest absolute Gasteiger partial charge is 0.170 e. The first-order valence-electron chi connectivity index (χ1n) is 6.14. The van der Waals surface area contributed by atoms with Gasteiger partial charge in [0.05, 0.1) is 0 Å². The lowest BCUT2D eigenvalue weighted by molar-refractivity contribution is 0.0900. The van der Waals surface area contributed by atoms with E-state index in [9.17, 15) is 4.79 Å². The highest BCUT2D eigenvalue weighted by atomic mass is 32.2. The van der Waals surface area contributed by atoms with Crippen molar-refractivity contribution < 1.29 is 4.79 Å². The first kappa shape index (κ1) is 12.7. The summed E-state index contributed by atoms with van der Waals surface area (Å²) in [5.74, 6) is 1.37. The Morgan fingerprint density at radius 1 is 1.35 bits per heavy atom. The zero-order chi connectivity index (χ0) is 12.3. The van der Waals surface area contributed by atoms with Crippen LogP contribution < -0.4 is 5.32 Å². The number of Topliss-reactive ketones (excluding diaryl/α,β-unsaturated/α-hetero) is 1. The summed E-state index contributed by atoms with van der Waals surface area (Å²) in [6.07, 6.45) is 2.05. The third-order valence-corrected chi connectivity index (χ3v) is 4.17. The first-order chi connectivity index (χ1) is 8.22. The molecule has 0 radical (unpaired) electrons. The lowest BCUT2D eigenvalue weighted by atomic mass is 9.95. The number of carbonyl (C=O) groups excluding carboxylic acids is 1. The minimum absolute atomic E-state index is 0.103. The van der Waals surface area contributed by atoms with Crippen LogP contribution in [-0.4, -0.2) is 25.1 Å². The standard InChI is InChI=1S/C14H19NOS/c1-3-17-12-6-4-11(5-7-12)13(16)14(8-9-14)10-15-2/h4-7,15H,3,8-10H2,1-2H3. The highest BCUT2D eigenvalue weighted by molar-refractivity contribution is 7.99. The largest absolute Gasteiger partial charge is 0.319 e. The summed E-state index contributed by atoms with van der Waals surface area (Å²) in [4.78, 5) is 13.6. The minimum atomic E-state index is -0.103. The number of hydrogen-bond acceptors (Lipinski definition) is 3. The van der Waals surface area contributed by atoms with Crippen molar-refractivity contribution in [1.82, 2.24) is 5.32 Å². The van der Waals surface area contributed by atoms with Crippen LogP contribution in [0.3, 0.4) is 0 Å². The van der Waals surface area contributed by atoms with Crippen LogP contribution in [0.15, 0.2) is 29.2 Å². The van der Waals surface area contributed by atoms with E-state index in [1.54, 1.807) is 11.8 Å². The van der Waals surface area contributed by atoms with E-state index < -0.39 is 0 Å². The van der Waals surface area contributed by atoms with Crippen molar-refractivity contribution in [2.75, 3.05) is 19.3 Å². The van der Waals surface area contributed by atoms with Gasteiger partial charge in [-0.05, 0) is 37.8 Å². The SMILES string of the molecule is CCSc1ccc(C(=O)C2(CNC)CC2)cc1. The number of hydrogen-bond donors (Lipinski definition) is 1. The Hall–Kier alpha value is -0.800. The van der Waals surface area contributed by atoms with Gasteiger partial charge >= 0.3 is 0 Å². The summed E-state index contributed by atoms with van der Waals surface area (Å²) < 4.78 is 0. The first-order valence-corrected chi connectivity index (χ1v) is 7.13. The molecule has 0 unspecified atom stereocenters. The van der Waals surface area contributed by atoms with E-state index in [4.69, 9.17) is 0 Å². The van der Waals surface area contributed by atoms with E-state index in [-0.39, 0.29) is 5.41 Å². The normalized spacial score (nSPS) is 16.8. The van der Waals surface area contributed by atoms with Crippen molar-refractivity contribution >= 4 is 17.5 Å². The molecule has 0 aliphatic heterocycles. The molecule has 0 amide bonds. The van der Waals surface area contributed by atoms with Crippen molar-refractivity contribution in [3.8, 4) is 0 Å². The second-order valence-corrected chi connectivity index (χ2v) is 5.93. The average Bonchev–Trinajstić information content (AvgIpc) is 3.11. The second-order valence-electron chi connectivity index (χ2n) is 4.60. The molecule has 0 heterocycles. The molecule has 1 aliphatic carbocycles. The van der Waals surface area contributed by atoms with Crippen molar-refractivity contribution in [3.63, 3.8) is 0 Å². The molecule has 2 rings (SSSR count). The van der Waals surface area contributed by atoms with E-state index in [1.807, 2.05) is 19.2 Å². The van der Waals surface area contributed by atoms with Gasteiger partial charge < -0.3 is 5.32 Å². The number of nitrogens with one attached hydrogen (secondary N) is 1. The molecule has 92 valence electrons. The van der Waals surface area contributed by atoms with Crippen molar-refractivity contribution in [1.29, 1.82) is 0 Å². The zero-order valence-electron chi connectivity index (χ0n) is 10.5. The number of carbonyl (C=O) groups is 1. The van der Waals surface area contributed by atoms with E-state index >= 15 is 0 Å². The maximum absolute atomic E-state index is 12.3. The number of rotatable bonds is 6. The Labute approximate surface area is 107 Å². The molecule has 0 saturated heterocycles. The van der Waals surface area contributed by atoms with Crippen molar-refractivity contribution in [2.24, 2.45) is 5.41 Å². The fourth-order valence-electron chi connectivity index (χ4n) is 2.15. The van der Waals surface area contributed by atoms with Crippen molar-refractivity contribution in [3.05, 3.63) is 29.8 Å². The molecule has 0 atom stereocenters. The summed E-state index contributed by atoms with van der Waals surface area (Å²) in [5.41, 5.74) is 0.756. The lowest BCUT2D eigenvalue weighted by Crippen LogP contribution is -2.27. The van der Waals surface area contributed by atoms with Gasteiger partial charge in [0.1, 0.15) is 0 Å². The number of ketones is 1. The quantitative estimate of drug-likeness (QED) is 0.621. The predicted molar refractivity (Wildman–Crippen MR) is 72.8 cm³/mol. The van der Waals surface area contributed by atoms with Crippen LogP contribution in [0.2, 0.25) is 0 Å². The molecule has 1 N–H and O–H groups in total. The third kappa shape index (κ3) is 2.72. The number of thioether (sulfide) groups is 1. The molecule has 1 aromatic carbocycles. The van der Waals surface area contributed by atoms with Crippen LogP contribution in [0.1, 0.15) is 30.1 Å². The molecule has 1 aromatic rings. The zero-order valence-corrected chi connectivity index (χ0v) is 11.3. The molecule has 17 heavy (non-hydrogen) atoms. The Balaban J connectivity index is 2.09. The Kier molecular flexibility index (Phi) is 3.89. The van der Waals surface area contributed by atoms with Gasteiger partial charge in [-0.2, -0.15) is 0 Å². The van der Waals surface area contributed by atoms with Gasteiger partial charge in [-0.25, -0.2) is 0 Å². The summed E-state index contributed by atoms with van der Waals surface area (Å²) in [6.45, 7) is 2.94. The second kappa shape index (κ2) is 5.23. The Morgan fingerprint density at radius 2 is 2.00 bits per heavy atom. The lowest BCUT2D eigenvalue weighted by Gasteiger charge is -2.13. The Bertz CT molecular complexity index is 395. The van der Waals surface area contributed by atoms with Gasteiger partial charge in [-0.15, -0.1) is 11.8 Å². The monoisotopic (exact) mass is 249 g/mol. The minimum Gasteiger partial charge on any atom is -0.319 e. The summed E-state index contributed by atoms with van der Waals surface area (Å²) >= 11 is 1.81. The van der Waals surface area contributed by atoms with Crippen molar-refractivity contribution in [2.45, 2.75) is 24.7 Å². The van der Waals surface area contributed by atoms with Crippen LogP contribution in [0.25, 0.3) is 0 Å². The van der Waals surface area contributed by atoms with Gasteiger partial charge in [0.15, 0.2) is 5.78 Å². The molecule has 2 nitrogen and oxygen atoms in total. The average molecular weight is 249 g/mol. The summed E-state index contributed by atoms with van der Waals surface area (Å²) in [6, 6.07) is 8.04. The third-order valence-electron chi connectivity index (χ3n) is 3.28. The molecule has 0 aromatic heterocycles. The van der Waals surface area contributed by atoms with E-state index in [0.29, 0.717) is 5.78 Å². The number of benzene rings is 1. The van der Waals surface area contributed by atoms with E-state index in [1.165, 1.54) is 4.90 Å². The topological polar surface area (TPSA) is 29.1 Å². The van der Waals surface area contributed by atoms with Gasteiger partial charge in [-0.1, -0.05) is 19.1 Å². The van der Waals surface area contributed by atoms with Gasteiger partial charge in [0.2, 0.25) is 0 Å². The molecule has 1 aliphatic rings. The molecular weight excluding hydrogens is 230 g/mol. The van der Waals surface area contributed by atoms with Crippen LogP contribution in [0.4, 0.5) is 0 Å². The molecular formula is C14H19NOS. The van der Waals surface area contributed by atoms with Gasteiger partial charge in [-0.3, -0.25) is 4.79 Å². The molecule has 0 spiro atoms. The highest BCUT2D eigenvalue weighted by Crippen LogP contribution is 2.47. The molecule has 1 fully saturated rings. The Morgan fingerprint density at radius 3 is 2.47 bits per heavy atom. The summed E-state index contributed by atoms with van der Waals surface area (Å²) in [7, 11) is 1.91. The fraction of sp³-hybridized carbons (Fsp3) is 0.500. The van der Waals surface area contributed by atoms with Crippen LogP contribution in [0.5, 0.6) is 0 Å². The maximum Gasteiger partial charge on any atom is 0.170 e. The molecule has 0 bridgehead atoms. The van der Waals surface area contributed by atoms with Gasteiger partial charge in [0.25, 0.3) is 0 Å². The predicted octanol–water partition coefficient (Wildman–Crippen LogP) is 2.98. The van der Waals surface area contributed by atoms with Gasteiger partial charge in [0, 0.05) is 22.4 Å².